The molecule has 0 aliphatic heterocycles. The molecule has 0 saturated carbocycles. The summed E-state index contributed by atoms with van der Waals surface area (Å²) >= 11 is 12.9. The molecule has 0 saturated heterocycles. The van der Waals surface area contributed by atoms with Gasteiger partial charge in [-0.2, -0.15) is 0 Å². The summed E-state index contributed by atoms with van der Waals surface area (Å²) in [6.45, 7) is -0.0699. The number of nitrogens with zero attached hydrogens (tertiary/aromatic N) is 1. The van der Waals surface area contributed by atoms with Crippen LogP contribution in [0.15, 0.2) is 36.4 Å². The van der Waals surface area contributed by atoms with E-state index in [1.807, 2.05) is 0 Å². The number of amides is 2. The third kappa shape index (κ3) is 4.20. The number of likely N-dealkylation sites (N-methyl/N-ethyl adjacent to an activating group) is 1. The maximum absolute atomic E-state index is 12.1. The van der Waals surface area contributed by atoms with E-state index in [2.05, 4.69) is 5.32 Å². The van der Waals surface area contributed by atoms with Gasteiger partial charge < -0.3 is 10.2 Å². The molecule has 1 aromatic heterocycles. The fraction of sp³-hybridized carbons (Fsp3) is 0.143. The van der Waals surface area contributed by atoms with Crippen molar-refractivity contribution in [2.75, 3.05) is 18.9 Å². The van der Waals surface area contributed by atoms with Crippen molar-refractivity contribution in [1.82, 2.24) is 4.90 Å². The molecule has 110 valence electrons. The summed E-state index contributed by atoms with van der Waals surface area (Å²) < 4.78 is 0.535. The zero-order chi connectivity index (χ0) is 15.4. The Morgan fingerprint density at radius 3 is 2.52 bits per heavy atom. The summed E-state index contributed by atoms with van der Waals surface area (Å²) in [7, 11) is 1.56. The van der Waals surface area contributed by atoms with E-state index in [0.717, 1.165) is 0 Å². The molecule has 0 radical (unpaired) electrons. The fourth-order valence-electron chi connectivity index (χ4n) is 1.66. The minimum Gasteiger partial charge on any atom is -0.332 e. The SMILES string of the molecule is CN(CC(=O)Nc1ccccc1Cl)C(=O)c1ccc(Cl)s1. The van der Waals surface area contributed by atoms with Gasteiger partial charge in [0, 0.05) is 7.05 Å². The number of hydrogen-bond acceptors (Lipinski definition) is 3. The van der Waals surface area contributed by atoms with Crippen molar-refractivity contribution in [2.24, 2.45) is 0 Å². The first-order valence-electron chi connectivity index (χ1n) is 6.02. The Morgan fingerprint density at radius 2 is 1.90 bits per heavy atom. The number of nitrogens with one attached hydrogen (secondary N) is 1. The first-order chi connectivity index (χ1) is 9.97. The standard InChI is InChI=1S/C14H12Cl2N2O2S/c1-18(14(20)11-6-7-12(16)21-11)8-13(19)17-10-5-3-2-4-9(10)15/h2-7H,8H2,1H3,(H,17,19). The van der Waals surface area contributed by atoms with Crippen molar-refractivity contribution in [3.8, 4) is 0 Å². The maximum Gasteiger partial charge on any atom is 0.264 e. The van der Waals surface area contributed by atoms with E-state index < -0.39 is 0 Å². The number of thiophene rings is 1. The van der Waals surface area contributed by atoms with Gasteiger partial charge in [-0.25, -0.2) is 0 Å². The van der Waals surface area contributed by atoms with Crippen LogP contribution in [0.1, 0.15) is 9.67 Å². The Morgan fingerprint density at radius 1 is 1.19 bits per heavy atom. The van der Waals surface area contributed by atoms with Crippen molar-refractivity contribution in [2.45, 2.75) is 0 Å². The van der Waals surface area contributed by atoms with E-state index in [9.17, 15) is 9.59 Å². The normalized spacial score (nSPS) is 10.2. The van der Waals surface area contributed by atoms with Gasteiger partial charge in [0.2, 0.25) is 5.91 Å². The molecule has 0 aliphatic carbocycles. The van der Waals surface area contributed by atoms with E-state index in [1.165, 1.54) is 16.2 Å². The molecular formula is C14H12Cl2N2O2S. The van der Waals surface area contributed by atoms with Crippen molar-refractivity contribution in [3.63, 3.8) is 0 Å². The second-order valence-corrected chi connectivity index (χ2v) is 6.42. The number of carbonyl (C=O) groups is 2. The molecule has 0 aliphatic rings. The average molecular weight is 343 g/mol. The second kappa shape index (κ2) is 6.93. The summed E-state index contributed by atoms with van der Waals surface area (Å²) in [4.78, 5) is 25.8. The largest absolute Gasteiger partial charge is 0.332 e. The van der Waals surface area contributed by atoms with Gasteiger partial charge in [-0.05, 0) is 24.3 Å². The summed E-state index contributed by atoms with van der Waals surface area (Å²) in [5, 5.41) is 3.11. The first kappa shape index (κ1) is 15.8. The number of rotatable bonds is 4. The van der Waals surface area contributed by atoms with Crippen LogP contribution in [-0.2, 0) is 4.79 Å². The van der Waals surface area contributed by atoms with Crippen molar-refractivity contribution in [3.05, 3.63) is 50.6 Å². The van der Waals surface area contributed by atoms with Gasteiger partial charge in [0.25, 0.3) is 5.91 Å². The molecule has 0 fully saturated rings. The predicted molar refractivity (Wildman–Crippen MR) is 86.4 cm³/mol. The molecular weight excluding hydrogens is 331 g/mol. The number of benzene rings is 1. The molecule has 0 atom stereocenters. The molecule has 0 spiro atoms. The van der Waals surface area contributed by atoms with Crippen LogP contribution in [0.3, 0.4) is 0 Å². The highest BCUT2D eigenvalue weighted by Gasteiger charge is 2.17. The van der Waals surface area contributed by atoms with E-state index in [0.29, 0.717) is 19.9 Å². The molecule has 2 rings (SSSR count). The van der Waals surface area contributed by atoms with Crippen LogP contribution in [0.2, 0.25) is 9.36 Å². The topological polar surface area (TPSA) is 49.4 Å². The quantitative estimate of drug-likeness (QED) is 0.919. The Bertz CT molecular complexity index is 672. The van der Waals surface area contributed by atoms with Crippen LogP contribution in [0.4, 0.5) is 5.69 Å². The average Bonchev–Trinajstić information content (AvgIpc) is 2.87. The highest BCUT2D eigenvalue weighted by atomic mass is 35.5. The smallest absolute Gasteiger partial charge is 0.264 e. The van der Waals surface area contributed by atoms with E-state index >= 15 is 0 Å². The highest BCUT2D eigenvalue weighted by Crippen LogP contribution is 2.23. The van der Waals surface area contributed by atoms with Crippen LogP contribution in [0, 0.1) is 0 Å². The van der Waals surface area contributed by atoms with Gasteiger partial charge in [-0.15, -0.1) is 11.3 Å². The van der Waals surface area contributed by atoms with Gasteiger partial charge in [-0.3, -0.25) is 9.59 Å². The van der Waals surface area contributed by atoms with Crippen LogP contribution in [0.25, 0.3) is 0 Å². The van der Waals surface area contributed by atoms with Gasteiger partial charge in [0.15, 0.2) is 0 Å². The molecule has 7 heteroatoms. The number of halogens is 2. The van der Waals surface area contributed by atoms with E-state index in [1.54, 1.807) is 43.4 Å². The predicted octanol–water partition coefficient (Wildman–Crippen LogP) is 3.77. The lowest BCUT2D eigenvalue weighted by Gasteiger charge is -2.16. The van der Waals surface area contributed by atoms with Crippen LogP contribution in [0.5, 0.6) is 0 Å². The molecule has 0 bridgehead atoms. The molecule has 21 heavy (non-hydrogen) atoms. The summed E-state index contributed by atoms with van der Waals surface area (Å²) in [6, 6.07) is 10.2. The first-order valence-corrected chi connectivity index (χ1v) is 7.60. The second-order valence-electron chi connectivity index (χ2n) is 4.29. The third-order valence-electron chi connectivity index (χ3n) is 2.66. The Balaban J connectivity index is 1.96. The number of carbonyl (C=O) groups excluding carboxylic acids is 2. The lowest BCUT2D eigenvalue weighted by atomic mass is 10.3. The molecule has 4 nitrogen and oxygen atoms in total. The summed E-state index contributed by atoms with van der Waals surface area (Å²) in [6.07, 6.45) is 0. The molecule has 2 amide bonds. The molecule has 1 N–H and O–H groups in total. The van der Waals surface area contributed by atoms with Gasteiger partial charge >= 0.3 is 0 Å². The van der Waals surface area contributed by atoms with Gasteiger partial charge in [0.1, 0.15) is 0 Å². The lowest BCUT2D eigenvalue weighted by Crippen LogP contribution is -2.34. The Labute approximate surface area is 136 Å². The highest BCUT2D eigenvalue weighted by molar-refractivity contribution is 7.17. The Kier molecular flexibility index (Phi) is 5.22. The van der Waals surface area contributed by atoms with Crippen LogP contribution >= 0.6 is 34.5 Å². The minimum absolute atomic E-state index is 0.0699. The van der Waals surface area contributed by atoms with Crippen molar-refractivity contribution in [1.29, 1.82) is 0 Å². The molecule has 1 aromatic carbocycles. The van der Waals surface area contributed by atoms with Gasteiger partial charge in [-0.1, -0.05) is 35.3 Å². The molecule has 0 unspecified atom stereocenters. The van der Waals surface area contributed by atoms with Crippen molar-refractivity contribution >= 4 is 52.0 Å². The zero-order valence-corrected chi connectivity index (χ0v) is 13.4. The zero-order valence-electron chi connectivity index (χ0n) is 11.1. The maximum atomic E-state index is 12.1. The third-order valence-corrected chi connectivity index (χ3v) is 4.21. The summed E-state index contributed by atoms with van der Waals surface area (Å²) in [5.41, 5.74) is 0.518. The van der Waals surface area contributed by atoms with E-state index in [-0.39, 0.29) is 18.4 Å². The minimum atomic E-state index is -0.318. The molecule has 2 aromatic rings. The lowest BCUT2D eigenvalue weighted by molar-refractivity contribution is -0.116. The summed E-state index contributed by atoms with van der Waals surface area (Å²) in [5.74, 6) is -0.567. The monoisotopic (exact) mass is 342 g/mol. The Hall–Kier alpha value is -1.56. The molecule has 1 heterocycles. The van der Waals surface area contributed by atoms with Crippen LogP contribution in [-0.4, -0.2) is 30.3 Å². The number of hydrogen-bond donors (Lipinski definition) is 1. The van der Waals surface area contributed by atoms with Gasteiger partial charge in [0.05, 0.1) is 26.5 Å². The number of anilines is 1. The van der Waals surface area contributed by atoms with Crippen molar-refractivity contribution < 1.29 is 9.59 Å². The number of para-hydroxylation sites is 1. The fourth-order valence-corrected chi connectivity index (χ4v) is 2.88. The van der Waals surface area contributed by atoms with Crippen LogP contribution < -0.4 is 5.32 Å². The van der Waals surface area contributed by atoms with E-state index in [4.69, 9.17) is 23.2 Å².